The molecule has 1 N–H and O–H groups in total. The smallest absolute Gasteiger partial charge is 0.305 e. The molecule has 0 saturated heterocycles. The number of fused-ring (bicyclic) bond motifs is 2. The molecule has 0 spiro atoms. The van der Waals surface area contributed by atoms with Crippen molar-refractivity contribution in [3.63, 3.8) is 0 Å². The number of H-pyrrole nitrogens is 1. The van der Waals surface area contributed by atoms with Crippen molar-refractivity contribution < 1.29 is 4.79 Å². The summed E-state index contributed by atoms with van der Waals surface area (Å²) in [7, 11) is 0. The molecule has 23 heavy (non-hydrogen) atoms. The average molecular weight is 305 g/mol. The van der Waals surface area contributed by atoms with Gasteiger partial charge in [-0.2, -0.15) is 0 Å². The number of aromatic amines is 1. The Morgan fingerprint density at radius 3 is 2.91 bits per heavy atom. The predicted octanol–water partition coefficient (Wildman–Crippen LogP) is 2.87. The van der Waals surface area contributed by atoms with Gasteiger partial charge >= 0.3 is 5.91 Å². The Morgan fingerprint density at radius 2 is 2.09 bits per heavy atom. The average Bonchev–Trinajstić information content (AvgIpc) is 3.16. The molecule has 3 aromatic heterocycles. The lowest BCUT2D eigenvalue weighted by Gasteiger charge is -1.99. The minimum Gasteiger partial charge on any atom is -0.337 e. The molecule has 3 heterocycles. The minimum absolute atomic E-state index is 0.0948. The molecule has 0 aliphatic carbocycles. The number of hydrogen-bond acceptors (Lipinski definition) is 4. The van der Waals surface area contributed by atoms with E-state index in [-0.39, 0.29) is 6.54 Å². The summed E-state index contributed by atoms with van der Waals surface area (Å²) in [6.07, 6.45) is 3.48. The quantitative estimate of drug-likeness (QED) is 0.589. The van der Waals surface area contributed by atoms with Crippen molar-refractivity contribution in [1.82, 2.24) is 19.5 Å². The Balaban J connectivity index is 1.92. The molecule has 1 amide bonds. The van der Waals surface area contributed by atoms with E-state index in [4.69, 9.17) is 0 Å². The number of para-hydroxylation sites is 1. The van der Waals surface area contributed by atoms with Crippen LogP contribution in [0.4, 0.5) is 0 Å². The summed E-state index contributed by atoms with van der Waals surface area (Å²) in [5, 5.41) is 3.40. The number of pyridine rings is 1. The second kappa shape index (κ2) is 5.13. The Bertz CT molecular complexity index is 1010. The van der Waals surface area contributed by atoms with Crippen LogP contribution >= 0.6 is 0 Å². The molecule has 1 aromatic carbocycles. The van der Waals surface area contributed by atoms with Crippen molar-refractivity contribution in [1.29, 1.82) is 0 Å². The fraction of sp³-hybridized carbons (Fsp3) is 0.0625. The van der Waals surface area contributed by atoms with E-state index in [9.17, 15) is 9.70 Å². The molecule has 0 radical (unpaired) electrons. The van der Waals surface area contributed by atoms with Crippen LogP contribution in [0.5, 0.6) is 0 Å². The van der Waals surface area contributed by atoms with Gasteiger partial charge in [0.1, 0.15) is 12.4 Å². The molecule has 0 aliphatic rings. The monoisotopic (exact) mass is 305 g/mol. The SMILES string of the molecule is O=NC(=O)Cn1cc(-c2nc3ncccc3[nH]2)c2ccccc21. The highest BCUT2D eigenvalue weighted by molar-refractivity contribution is 5.96. The first kappa shape index (κ1) is 13.3. The maximum atomic E-state index is 11.4. The number of imidazole rings is 1. The molecular weight excluding hydrogens is 294 g/mol. The summed E-state index contributed by atoms with van der Waals surface area (Å²) in [4.78, 5) is 33.7. The first-order valence-corrected chi connectivity index (χ1v) is 7.01. The van der Waals surface area contributed by atoms with Gasteiger partial charge in [-0.3, -0.25) is 4.79 Å². The van der Waals surface area contributed by atoms with Gasteiger partial charge in [0, 0.05) is 34.0 Å². The maximum absolute atomic E-state index is 11.4. The van der Waals surface area contributed by atoms with E-state index in [2.05, 4.69) is 20.1 Å². The number of carbonyl (C=O) groups excluding carboxylic acids is 1. The van der Waals surface area contributed by atoms with Gasteiger partial charge in [-0.1, -0.05) is 18.2 Å². The summed E-state index contributed by atoms with van der Waals surface area (Å²) < 4.78 is 1.70. The van der Waals surface area contributed by atoms with Crippen LogP contribution in [-0.2, 0) is 11.3 Å². The first-order valence-electron chi connectivity index (χ1n) is 7.01. The Morgan fingerprint density at radius 1 is 1.22 bits per heavy atom. The second-order valence-electron chi connectivity index (χ2n) is 5.13. The maximum Gasteiger partial charge on any atom is 0.305 e. The third kappa shape index (κ3) is 2.18. The fourth-order valence-corrected chi connectivity index (χ4v) is 2.71. The number of amides is 1. The van der Waals surface area contributed by atoms with Gasteiger partial charge in [-0.05, 0) is 18.2 Å². The molecule has 0 bridgehead atoms. The number of aromatic nitrogens is 4. The van der Waals surface area contributed by atoms with Crippen molar-refractivity contribution in [2.24, 2.45) is 5.18 Å². The zero-order valence-corrected chi connectivity index (χ0v) is 11.9. The van der Waals surface area contributed by atoms with Crippen molar-refractivity contribution in [2.75, 3.05) is 0 Å². The molecule has 4 rings (SSSR count). The molecular formula is C16H11N5O2. The van der Waals surface area contributed by atoms with Gasteiger partial charge in [0.2, 0.25) is 0 Å². The first-order chi connectivity index (χ1) is 11.3. The summed E-state index contributed by atoms with van der Waals surface area (Å²) >= 11 is 0. The lowest BCUT2D eigenvalue weighted by Crippen LogP contribution is -2.05. The summed E-state index contributed by atoms with van der Waals surface area (Å²) in [5.74, 6) is -0.0521. The highest BCUT2D eigenvalue weighted by Gasteiger charge is 2.15. The molecule has 0 saturated carbocycles. The largest absolute Gasteiger partial charge is 0.337 e. The van der Waals surface area contributed by atoms with Crippen LogP contribution in [-0.4, -0.2) is 25.4 Å². The standard InChI is InChI=1S/C16H11N5O2/c22-14(20-23)9-21-8-11(10-4-1-2-6-13(10)21)15-18-12-5-3-7-17-16(12)19-15/h1-8H,9H2,(H,17,18,19). The molecule has 7 heteroatoms. The number of nitroso groups, excluding NO2 is 1. The van der Waals surface area contributed by atoms with E-state index in [0.717, 1.165) is 22.0 Å². The van der Waals surface area contributed by atoms with Crippen LogP contribution in [0.15, 0.2) is 54.0 Å². The summed E-state index contributed by atoms with van der Waals surface area (Å²) in [6, 6.07) is 11.4. The van der Waals surface area contributed by atoms with Crippen LogP contribution in [0.25, 0.3) is 33.5 Å². The molecule has 0 unspecified atom stereocenters. The van der Waals surface area contributed by atoms with E-state index in [1.165, 1.54) is 0 Å². The highest BCUT2D eigenvalue weighted by Crippen LogP contribution is 2.29. The van der Waals surface area contributed by atoms with E-state index < -0.39 is 5.91 Å². The van der Waals surface area contributed by atoms with Crippen molar-refractivity contribution in [3.05, 3.63) is 53.7 Å². The molecule has 0 fully saturated rings. The molecule has 7 nitrogen and oxygen atoms in total. The molecule has 4 aromatic rings. The van der Waals surface area contributed by atoms with Gasteiger partial charge in [0.05, 0.1) is 5.52 Å². The van der Waals surface area contributed by atoms with E-state index in [1.807, 2.05) is 36.4 Å². The van der Waals surface area contributed by atoms with Crippen LogP contribution in [0.3, 0.4) is 0 Å². The number of nitrogens with one attached hydrogen (secondary N) is 1. The lowest BCUT2D eigenvalue weighted by atomic mass is 10.2. The number of hydrogen-bond donors (Lipinski definition) is 1. The van der Waals surface area contributed by atoms with Crippen molar-refractivity contribution in [3.8, 4) is 11.4 Å². The van der Waals surface area contributed by atoms with Crippen LogP contribution in [0, 0.1) is 4.91 Å². The Kier molecular flexibility index (Phi) is 2.97. The number of benzene rings is 1. The molecule has 0 atom stereocenters. The van der Waals surface area contributed by atoms with Crippen LogP contribution in [0.1, 0.15) is 0 Å². The zero-order valence-electron chi connectivity index (χ0n) is 11.9. The summed E-state index contributed by atoms with van der Waals surface area (Å²) in [5.41, 5.74) is 3.15. The molecule has 112 valence electrons. The van der Waals surface area contributed by atoms with E-state index >= 15 is 0 Å². The van der Waals surface area contributed by atoms with Crippen LogP contribution < -0.4 is 0 Å². The van der Waals surface area contributed by atoms with Gasteiger partial charge in [-0.15, -0.1) is 4.91 Å². The third-order valence-electron chi connectivity index (χ3n) is 3.71. The van der Waals surface area contributed by atoms with E-state index in [0.29, 0.717) is 11.5 Å². The Hall–Kier alpha value is -3.35. The Labute approximate surface area is 130 Å². The number of nitrogens with zero attached hydrogens (tertiary/aromatic N) is 4. The van der Waals surface area contributed by atoms with Crippen LogP contribution in [0.2, 0.25) is 0 Å². The number of rotatable bonds is 3. The number of carbonyl (C=O) groups is 1. The lowest BCUT2D eigenvalue weighted by molar-refractivity contribution is -0.118. The zero-order chi connectivity index (χ0) is 15.8. The van der Waals surface area contributed by atoms with Crippen molar-refractivity contribution >= 4 is 28.0 Å². The van der Waals surface area contributed by atoms with Crippen molar-refractivity contribution in [2.45, 2.75) is 6.54 Å². The minimum atomic E-state index is -0.719. The fourth-order valence-electron chi connectivity index (χ4n) is 2.71. The molecule has 0 aliphatic heterocycles. The summed E-state index contributed by atoms with van der Waals surface area (Å²) in [6.45, 7) is -0.0948. The normalized spacial score (nSPS) is 11.1. The van der Waals surface area contributed by atoms with Gasteiger partial charge in [0.25, 0.3) is 0 Å². The van der Waals surface area contributed by atoms with Gasteiger partial charge in [-0.25, -0.2) is 9.97 Å². The highest BCUT2D eigenvalue weighted by atomic mass is 16.3. The second-order valence-corrected chi connectivity index (χ2v) is 5.13. The predicted molar refractivity (Wildman–Crippen MR) is 85.6 cm³/mol. The van der Waals surface area contributed by atoms with Gasteiger partial charge < -0.3 is 9.55 Å². The topological polar surface area (TPSA) is 93.0 Å². The third-order valence-corrected chi connectivity index (χ3v) is 3.71. The van der Waals surface area contributed by atoms with E-state index in [1.54, 1.807) is 17.0 Å². The van der Waals surface area contributed by atoms with Gasteiger partial charge in [0.15, 0.2) is 5.65 Å².